The zero-order valence-electron chi connectivity index (χ0n) is 13.4. The Morgan fingerprint density at radius 3 is 2.56 bits per heavy atom. The maximum absolute atomic E-state index is 12.1. The summed E-state index contributed by atoms with van der Waals surface area (Å²) < 4.78 is 9.91. The Balaban J connectivity index is 2.13. The van der Waals surface area contributed by atoms with E-state index < -0.39 is 23.3 Å². The van der Waals surface area contributed by atoms with Crippen LogP contribution in [0.25, 0.3) is 0 Å². The molecule has 8 heteroatoms. The molecule has 0 aromatic heterocycles. The Kier molecular flexibility index (Phi) is 5.71. The molecule has 0 N–H and O–H groups in total. The molecule has 0 spiro atoms. The average molecular weight is 364 g/mol. The zero-order chi connectivity index (χ0) is 18.6. The number of benzene rings is 2. The molecule has 0 aliphatic carbocycles. The number of methoxy groups -OCH3 is 1. The van der Waals surface area contributed by atoms with Gasteiger partial charge in [0.1, 0.15) is 11.3 Å². The Labute approximate surface area is 148 Å². The van der Waals surface area contributed by atoms with Crippen molar-refractivity contribution in [3.63, 3.8) is 0 Å². The number of ether oxygens (including phenoxy) is 2. The van der Waals surface area contributed by atoms with Gasteiger partial charge in [-0.15, -0.1) is 0 Å². The van der Waals surface area contributed by atoms with Gasteiger partial charge in [-0.3, -0.25) is 14.9 Å². The Bertz CT molecular complexity index is 849. The SMILES string of the molecule is COc1ccc(C(=O)COC(=O)c2cccc(C)c2[N+](=O)[O-])cc1Cl. The molecule has 0 aliphatic heterocycles. The number of esters is 1. The Morgan fingerprint density at radius 2 is 1.96 bits per heavy atom. The summed E-state index contributed by atoms with van der Waals surface area (Å²) in [6.07, 6.45) is 0. The molecule has 0 saturated carbocycles. The smallest absolute Gasteiger partial charge is 0.345 e. The number of carbonyl (C=O) groups is 2. The maximum Gasteiger partial charge on any atom is 0.345 e. The fourth-order valence-corrected chi connectivity index (χ4v) is 2.46. The predicted octanol–water partition coefficient (Wildman–Crippen LogP) is 3.60. The van der Waals surface area contributed by atoms with Crippen molar-refractivity contribution < 1.29 is 24.0 Å². The van der Waals surface area contributed by atoms with Crippen LogP contribution in [-0.4, -0.2) is 30.4 Å². The fourth-order valence-electron chi connectivity index (χ4n) is 2.20. The minimum atomic E-state index is -0.941. The predicted molar refractivity (Wildman–Crippen MR) is 90.5 cm³/mol. The van der Waals surface area contributed by atoms with Crippen molar-refractivity contribution in [3.05, 3.63) is 68.2 Å². The van der Waals surface area contributed by atoms with Gasteiger partial charge in [-0.1, -0.05) is 23.7 Å². The third-order valence-corrected chi connectivity index (χ3v) is 3.74. The molecule has 0 radical (unpaired) electrons. The van der Waals surface area contributed by atoms with Crippen LogP contribution in [0, 0.1) is 17.0 Å². The van der Waals surface area contributed by atoms with Crippen molar-refractivity contribution in [2.24, 2.45) is 0 Å². The molecule has 2 aromatic rings. The first kappa shape index (κ1) is 18.4. The van der Waals surface area contributed by atoms with E-state index in [1.165, 1.54) is 50.4 Å². The first-order chi connectivity index (χ1) is 11.8. The van der Waals surface area contributed by atoms with Crippen LogP contribution in [-0.2, 0) is 4.74 Å². The van der Waals surface area contributed by atoms with Gasteiger partial charge >= 0.3 is 5.97 Å². The average Bonchev–Trinajstić information content (AvgIpc) is 2.58. The first-order valence-electron chi connectivity index (χ1n) is 7.13. The second-order valence-electron chi connectivity index (χ2n) is 5.08. The van der Waals surface area contributed by atoms with Crippen LogP contribution < -0.4 is 4.74 Å². The van der Waals surface area contributed by atoms with Gasteiger partial charge in [-0.2, -0.15) is 0 Å². The van der Waals surface area contributed by atoms with Crippen molar-refractivity contribution in [2.45, 2.75) is 6.92 Å². The molecule has 0 fully saturated rings. The van der Waals surface area contributed by atoms with Crippen molar-refractivity contribution in [1.29, 1.82) is 0 Å². The summed E-state index contributed by atoms with van der Waals surface area (Å²) in [6.45, 7) is 0.950. The summed E-state index contributed by atoms with van der Waals surface area (Å²) in [5, 5.41) is 11.4. The second kappa shape index (κ2) is 7.76. The molecule has 0 unspecified atom stereocenters. The van der Waals surface area contributed by atoms with Crippen molar-refractivity contribution in [3.8, 4) is 5.75 Å². The number of rotatable bonds is 6. The lowest BCUT2D eigenvalue weighted by molar-refractivity contribution is -0.385. The number of para-hydroxylation sites is 1. The molecule has 7 nitrogen and oxygen atoms in total. The molecule has 0 aliphatic rings. The van der Waals surface area contributed by atoms with Gasteiger partial charge in [-0.25, -0.2) is 4.79 Å². The number of halogens is 1. The van der Waals surface area contributed by atoms with Crippen LogP contribution in [0.3, 0.4) is 0 Å². The minimum absolute atomic E-state index is 0.203. The van der Waals surface area contributed by atoms with Crippen LogP contribution in [0.5, 0.6) is 5.75 Å². The van der Waals surface area contributed by atoms with E-state index in [9.17, 15) is 19.7 Å². The van der Waals surface area contributed by atoms with Crippen LogP contribution in [0.4, 0.5) is 5.69 Å². The lowest BCUT2D eigenvalue weighted by Gasteiger charge is -2.08. The highest BCUT2D eigenvalue weighted by Crippen LogP contribution is 2.26. The van der Waals surface area contributed by atoms with E-state index in [2.05, 4.69) is 0 Å². The van der Waals surface area contributed by atoms with Crippen LogP contribution in [0.2, 0.25) is 5.02 Å². The van der Waals surface area contributed by atoms with Crippen LogP contribution in [0.1, 0.15) is 26.3 Å². The number of nitrogens with zero attached hydrogens (tertiary/aromatic N) is 1. The normalized spacial score (nSPS) is 10.2. The third-order valence-electron chi connectivity index (χ3n) is 3.45. The highest BCUT2D eigenvalue weighted by molar-refractivity contribution is 6.32. The Hall–Kier alpha value is -2.93. The number of hydrogen-bond donors (Lipinski definition) is 0. The van der Waals surface area contributed by atoms with E-state index in [1.54, 1.807) is 0 Å². The van der Waals surface area contributed by atoms with E-state index in [0.29, 0.717) is 11.3 Å². The molecule has 0 atom stereocenters. The highest BCUT2D eigenvalue weighted by Gasteiger charge is 2.24. The number of hydrogen-bond acceptors (Lipinski definition) is 6. The number of nitro benzene ring substituents is 1. The molecule has 0 saturated heterocycles. The number of aryl methyl sites for hydroxylation is 1. The fraction of sp³-hybridized carbons (Fsp3) is 0.176. The number of Topliss-reactive ketones (excluding diaryl/α,β-unsaturated/α-hetero) is 1. The summed E-state index contributed by atoms with van der Waals surface area (Å²) >= 11 is 5.95. The first-order valence-corrected chi connectivity index (χ1v) is 7.50. The summed E-state index contributed by atoms with van der Waals surface area (Å²) in [5.74, 6) is -1.03. The van der Waals surface area contributed by atoms with Gasteiger partial charge in [0.2, 0.25) is 0 Å². The quantitative estimate of drug-likeness (QED) is 0.336. The van der Waals surface area contributed by atoms with Gasteiger partial charge in [-0.05, 0) is 31.2 Å². The van der Waals surface area contributed by atoms with E-state index in [1.807, 2.05) is 0 Å². The van der Waals surface area contributed by atoms with Gasteiger partial charge in [0.25, 0.3) is 5.69 Å². The summed E-state index contributed by atoms with van der Waals surface area (Å²) in [5.41, 5.74) is 0.0167. The number of carbonyl (C=O) groups excluding carboxylic acids is 2. The van der Waals surface area contributed by atoms with Gasteiger partial charge in [0.05, 0.1) is 17.1 Å². The monoisotopic (exact) mass is 363 g/mol. The highest BCUT2D eigenvalue weighted by atomic mass is 35.5. The molecule has 0 amide bonds. The van der Waals surface area contributed by atoms with E-state index in [-0.39, 0.29) is 21.8 Å². The molecule has 2 rings (SSSR count). The standard InChI is InChI=1S/C17H14ClNO6/c1-10-4-3-5-12(16(10)19(22)23)17(21)25-9-14(20)11-6-7-15(24-2)13(18)8-11/h3-8H,9H2,1-2H3. The van der Waals surface area contributed by atoms with Crippen molar-refractivity contribution >= 4 is 29.0 Å². The minimum Gasteiger partial charge on any atom is -0.495 e. The molecular formula is C17H14ClNO6. The van der Waals surface area contributed by atoms with Crippen molar-refractivity contribution in [1.82, 2.24) is 0 Å². The summed E-state index contributed by atoms with van der Waals surface area (Å²) in [4.78, 5) is 34.7. The molecule has 0 bridgehead atoms. The van der Waals surface area contributed by atoms with E-state index in [0.717, 1.165) is 0 Å². The van der Waals surface area contributed by atoms with Crippen molar-refractivity contribution in [2.75, 3.05) is 13.7 Å². The zero-order valence-corrected chi connectivity index (χ0v) is 14.2. The van der Waals surface area contributed by atoms with E-state index >= 15 is 0 Å². The largest absolute Gasteiger partial charge is 0.495 e. The number of ketones is 1. The maximum atomic E-state index is 12.1. The van der Waals surface area contributed by atoms with Crippen LogP contribution >= 0.6 is 11.6 Å². The van der Waals surface area contributed by atoms with Gasteiger partial charge < -0.3 is 9.47 Å². The summed E-state index contributed by atoms with van der Waals surface area (Å²) in [6, 6.07) is 8.69. The lowest BCUT2D eigenvalue weighted by Crippen LogP contribution is -2.15. The topological polar surface area (TPSA) is 95.7 Å². The second-order valence-corrected chi connectivity index (χ2v) is 5.48. The van der Waals surface area contributed by atoms with Gasteiger partial charge in [0.15, 0.2) is 12.4 Å². The summed E-state index contributed by atoms with van der Waals surface area (Å²) in [7, 11) is 1.44. The lowest BCUT2D eigenvalue weighted by atomic mass is 10.1. The molecular weight excluding hydrogens is 350 g/mol. The van der Waals surface area contributed by atoms with Gasteiger partial charge in [0, 0.05) is 11.1 Å². The molecule has 2 aromatic carbocycles. The van der Waals surface area contributed by atoms with E-state index in [4.69, 9.17) is 21.1 Å². The third kappa shape index (κ3) is 4.13. The molecule has 130 valence electrons. The van der Waals surface area contributed by atoms with Crippen LogP contribution in [0.15, 0.2) is 36.4 Å². The molecule has 0 heterocycles. The number of nitro groups is 1. The Morgan fingerprint density at radius 1 is 1.24 bits per heavy atom. The molecule has 25 heavy (non-hydrogen) atoms.